The average Bonchev–Trinajstić information content (AvgIpc) is 2.59. The van der Waals surface area contributed by atoms with Gasteiger partial charge in [-0.25, -0.2) is 0 Å². The number of non-ortho nitro benzene ring substituents is 1. The van der Waals surface area contributed by atoms with Gasteiger partial charge in [0, 0.05) is 16.6 Å². The molecule has 0 amide bonds. The Labute approximate surface area is 149 Å². The van der Waals surface area contributed by atoms with Crippen molar-refractivity contribution in [1.29, 1.82) is 0 Å². The largest absolute Gasteiger partial charge is 0.494 e. The van der Waals surface area contributed by atoms with Gasteiger partial charge in [0.2, 0.25) is 0 Å². The van der Waals surface area contributed by atoms with Gasteiger partial charge in [-0.05, 0) is 62.1 Å². The van der Waals surface area contributed by atoms with Crippen molar-refractivity contribution in [2.24, 2.45) is 0 Å². The van der Waals surface area contributed by atoms with Crippen molar-refractivity contribution in [3.05, 3.63) is 63.1 Å². The maximum absolute atomic E-state index is 10.6. The van der Waals surface area contributed by atoms with Crippen molar-refractivity contribution < 1.29 is 14.4 Å². The molecule has 0 atom stereocenters. The van der Waals surface area contributed by atoms with Crippen LogP contribution in [0.1, 0.15) is 25.7 Å². The number of ether oxygens (including phenoxy) is 2. The summed E-state index contributed by atoms with van der Waals surface area (Å²) in [5.41, 5.74) is 0.0770. The SMILES string of the molecule is O=[N+]([O-])c1ccc(OCCCCCCOc2ccc(Br)cc2)cc1. The lowest BCUT2D eigenvalue weighted by Crippen LogP contribution is -2.00. The minimum atomic E-state index is -0.417. The van der Waals surface area contributed by atoms with Crippen LogP contribution in [-0.2, 0) is 0 Å². The first-order valence-corrected chi connectivity index (χ1v) is 8.70. The summed E-state index contributed by atoms with van der Waals surface area (Å²) >= 11 is 3.39. The van der Waals surface area contributed by atoms with Gasteiger partial charge >= 0.3 is 0 Å². The van der Waals surface area contributed by atoms with E-state index in [-0.39, 0.29) is 5.69 Å². The highest BCUT2D eigenvalue weighted by Gasteiger charge is 2.04. The summed E-state index contributed by atoms with van der Waals surface area (Å²) in [5.74, 6) is 1.55. The van der Waals surface area contributed by atoms with Crippen LogP contribution >= 0.6 is 15.9 Å². The van der Waals surface area contributed by atoms with Gasteiger partial charge in [-0.2, -0.15) is 0 Å². The fourth-order valence-corrected chi connectivity index (χ4v) is 2.40. The Morgan fingerprint density at radius 1 is 0.792 bits per heavy atom. The third kappa shape index (κ3) is 6.58. The molecule has 0 aliphatic carbocycles. The molecule has 0 aromatic heterocycles. The van der Waals surface area contributed by atoms with Crippen molar-refractivity contribution >= 4 is 21.6 Å². The Bertz CT molecular complexity index is 628. The molecule has 0 fully saturated rings. The molecule has 0 bridgehead atoms. The van der Waals surface area contributed by atoms with E-state index in [2.05, 4.69) is 15.9 Å². The second kappa shape index (κ2) is 9.93. The van der Waals surface area contributed by atoms with Crippen molar-refractivity contribution in [1.82, 2.24) is 0 Å². The van der Waals surface area contributed by atoms with Crippen LogP contribution < -0.4 is 9.47 Å². The molecule has 5 nitrogen and oxygen atoms in total. The van der Waals surface area contributed by atoms with E-state index >= 15 is 0 Å². The van der Waals surface area contributed by atoms with Crippen LogP contribution in [0.25, 0.3) is 0 Å². The molecule has 0 spiro atoms. The molecular formula is C18H20BrNO4. The van der Waals surface area contributed by atoms with E-state index in [4.69, 9.17) is 9.47 Å². The van der Waals surface area contributed by atoms with Crippen LogP contribution in [0.5, 0.6) is 11.5 Å². The molecule has 0 radical (unpaired) electrons. The van der Waals surface area contributed by atoms with Gasteiger partial charge in [0.1, 0.15) is 11.5 Å². The number of nitro benzene ring substituents is 1. The number of hydrogen-bond donors (Lipinski definition) is 0. The zero-order chi connectivity index (χ0) is 17.2. The van der Waals surface area contributed by atoms with Crippen LogP contribution in [0.3, 0.4) is 0 Å². The highest BCUT2D eigenvalue weighted by Crippen LogP contribution is 2.18. The summed E-state index contributed by atoms with van der Waals surface area (Å²) in [6.45, 7) is 1.33. The minimum absolute atomic E-state index is 0.0770. The lowest BCUT2D eigenvalue weighted by molar-refractivity contribution is -0.384. The number of hydrogen-bond acceptors (Lipinski definition) is 4. The summed E-state index contributed by atoms with van der Waals surface area (Å²) in [6, 6.07) is 14.0. The van der Waals surface area contributed by atoms with E-state index in [0.717, 1.165) is 35.9 Å². The number of nitrogens with zero attached hydrogens (tertiary/aromatic N) is 1. The monoisotopic (exact) mass is 393 g/mol. The maximum Gasteiger partial charge on any atom is 0.269 e. The molecule has 0 N–H and O–H groups in total. The molecule has 24 heavy (non-hydrogen) atoms. The third-order valence-corrected chi connectivity index (χ3v) is 3.97. The highest BCUT2D eigenvalue weighted by molar-refractivity contribution is 9.10. The Hall–Kier alpha value is -2.08. The van der Waals surface area contributed by atoms with Crippen molar-refractivity contribution in [2.45, 2.75) is 25.7 Å². The molecule has 0 aliphatic heterocycles. The van der Waals surface area contributed by atoms with Crippen LogP contribution in [0.4, 0.5) is 5.69 Å². The van der Waals surface area contributed by atoms with E-state index in [1.165, 1.54) is 12.1 Å². The molecule has 2 aromatic carbocycles. The highest BCUT2D eigenvalue weighted by atomic mass is 79.9. The second-order valence-corrected chi connectivity index (χ2v) is 6.23. The van der Waals surface area contributed by atoms with E-state index in [0.29, 0.717) is 19.0 Å². The molecule has 0 saturated carbocycles. The van der Waals surface area contributed by atoms with Gasteiger partial charge in [0.15, 0.2) is 0 Å². The number of unbranched alkanes of at least 4 members (excludes halogenated alkanes) is 3. The zero-order valence-corrected chi connectivity index (χ0v) is 14.9. The van der Waals surface area contributed by atoms with E-state index < -0.39 is 4.92 Å². The number of halogens is 1. The van der Waals surface area contributed by atoms with Crippen LogP contribution in [0.15, 0.2) is 53.0 Å². The van der Waals surface area contributed by atoms with Crippen LogP contribution in [0, 0.1) is 10.1 Å². The first kappa shape index (κ1) is 18.3. The van der Waals surface area contributed by atoms with Crippen molar-refractivity contribution in [2.75, 3.05) is 13.2 Å². The summed E-state index contributed by atoms with van der Waals surface area (Å²) in [5, 5.41) is 10.6. The molecule has 2 aromatic rings. The molecule has 0 saturated heterocycles. The number of nitro groups is 1. The van der Waals surface area contributed by atoms with Crippen molar-refractivity contribution in [3.8, 4) is 11.5 Å². The summed E-state index contributed by atoms with van der Waals surface area (Å²) < 4.78 is 12.3. The summed E-state index contributed by atoms with van der Waals surface area (Å²) in [4.78, 5) is 10.1. The summed E-state index contributed by atoms with van der Waals surface area (Å²) in [7, 11) is 0. The first-order valence-electron chi connectivity index (χ1n) is 7.91. The fourth-order valence-electron chi connectivity index (χ4n) is 2.13. The average molecular weight is 394 g/mol. The van der Waals surface area contributed by atoms with Gasteiger partial charge < -0.3 is 9.47 Å². The van der Waals surface area contributed by atoms with Gasteiger partial charge in [0.05, 0.1) is 18.1 Å². The third-order valence-electron chi connectivity index (χ3n) is 3.44. The normalized spacial score (nSPS) is 10.4. The minimum Gasteiger partial charge on any atom is -0.494 e. The lowest BCUT2D eigenvalue weighted by Gasteiger charge is -2.07. The maximum atomic E-state index is 10.6. The van der Waals surface area contributed by atoms with Crippen molar-refractivity contribution in [3.63, 3.8) is 0 Å². The predicted octanol–water partition coefficient (Wildman–Crippen LogP) is 5.38. The lowest BCUT2D eigenvalue weighted by atomic mass is 10.2. The molecule has 0 aliphatic rings. The Morgan fingerprint density at radius 3 is 1.71 bits per heavy atom. The van der Waals surface area contributed by atoms with Crippen LogP contribution in [-0.4, -0.2) is 18.1 Å². The second-order valence-electron chi connectivity index (χ2n) is 5.32. The topological polar surface area (TPSA) is 61.6 Å². The van der Waals surface area contributed by atoms with Gasteiger partial charge in [0.25, 0.3) is 5.69 Å². The fraction of sp³-hybridized carbons (Fsp3) is 0.333. The molecular weight excluding hydrogens is 374 g/mol. The number of benzene rings is 2. The van der Waals surface area contributed by atoms with Gasteiger partial charge in [-0.15, -0.1) is 0 Å². The molecule has 128 valence electrons. The van der Waals surface area contributed by atoms with Gasteiger partial charge in [-0.1, -0.05) is 15.9 Å². The first-order chi connectivity index (χ1) is 11.6. The standard InChI is InChI=1S/C18H20BrNO4/c19-15-5-9-17(10-6-15)23-13-3-1-2-4-14-24-18-11-7-16(8-12-18)20(21)22/h5-12H,1-4,13-14H2. The van der Waals surface area contributed by atoms with E-state index in [1.54, 1.807) is 12.1 Å². The zero-order valence-electron chi connectivity index (χ0n) is 13.3. The predicted molar refractivity (Wildman–Crippen MR) is 96.7 cm³/mol. The molecule has 0 unspecified atom stereocenters. The van der Waals surface area contributed by atoms with Gasteiger partial charge in [-0.3, -0.25) is 10.1 Å². The summed E-state index contributed by atoms with van der Waals surface area (Å²) in [6.07, 6.45) is 4.11. The number of rotatable bonds is 10. The smallest absolute Gasteiger partial charge is 0.269 e. The Morgan fingerprint density at radius 2 is 1.25 bits per heavy atom. The molecule has 2 rings (SSSR count). The molecule has 0 heterocycles. The van der Waals surface area contributed by atoms with Crippen LogP contribution in [0.2, 0.25) is 0 Å². The Balaban J connectivity index is 1.50. The Kier molecular flexibility index (Phi) is 7.55. The van der Waals surface area contributed by atoms with E-state index in [9.17, 15) is 10.1 Å². The van der Waals surface area contributed by atoms with E-state index in [1.807, 2.05) is 24.3 Å². The quantitative estimate of drug-likeness (QED) is 0.309. The molecule has 6 heteroatoms.